The largest absolute Gasteiger partial charge is 0.361 e. The first kappa shape index (κ1) is 21.4. The van der Waals surface area contributed by atoms with E-state index in [4.69, 9.17) is 0 Å². The molecule has 0 radical (unpaired) electrons. The zero-order chi connectivity index (χ0) is 22.8. The normalized spacial score (nSPS) is 12.4. The van der Waals surface area contributed by atoms with E-state index in [1.807, 2.05) is 30.5 Å². The van der Waals surface area contributed by atoms with Gasteiger partial charge in [0.25, 0.3) is 12.0 Å². The summed E-state index contributed by atoms with van der Waals surface area (Å²) in [5.74, 6) is -0.00300. The van der Waals surface area contributed by atoms with E-state index in [0.717, 1.165) is 16.5 Å². The Morgan fingerprint density at radius 2 is 1.97 bits per heavy atom. The standard InChI is InChI=1S/C22H22F2N6O2/c1-12-7-19(22(23)24)29-30(12)11-21(32)28-17(18-9-20(31)27-13(2)26-18)8-14-10-25-16-6-4-3-5-15(14)16/h3-7,9-10,17,22,25H,8,11H2,1-2H3,(H,28,32)(H,26,27,31)/t17-/m0/s1. The highest BCUT2D eigenvalue weighted by atomic mass is 19.3. The van der Waals surface area contributed by atoms with Crippen LogP contribution in [-0.4, -0.2) is 30.6 Å². The van der Waals surface area contributed by atoms with Gasteiger partial charge >= 0.3 is 0 Å². The van der Waals surface area contributed by atoms with Gasteiger partial charge in [0, 0.05) is 35.3 Å². The van der Waals surface area contributed by atoms with Crippen LogP contribution in [-0.2, 0) is 17.8 Å². The van der Waals surface area contributed by atoms with Crippen molar-refractivity contribution in [2.75, 3.05) is 0 Å². The lowest BCUT2D eigenvalue weighted by Crippen LogP contribution is -2.34. The number of benzene rings is 1. The molecule has 10 heteroatoms. The van der Waals surface area contributed by atoms with Crippen molar-refractivity contribution in [3.05, 3.63) is 81.4 Å². The van der Waals surface area contributed by atoms with E-state index in [1.165, 1.54) is 16.8 Å². The van der Waals surface area contributed by atoms with Crippen molar-refractivity contribution in [2.24, 2.45) is 0 Å². The van der Waals surface area contributed by atoms with Crippen molar-refractivity contribution in [2.45, 2.75) is 39.3 Å². The lowest BCUT2D eigenvalue weighted by atomic mass is 10.0. The fourth-order valence-electron chi connectivity index (χ4n) is 3.71. The summed E-state index contributed by atoms with van der Waals surface area (Å²) in [7, 11) is 0. The number of nitrogens with zero attached hydrogens (tertiary/aromatic N) is 3. The summed E-state index contributed by atoms with van der Waals surface area (Å²) in [6.07, 6.45) is -0.474. The fourth-order valence-corrected chi connectivity index (χ4v) is 3.71. The summed E-state index contributed by atoms with van der Waals surface area (Å²) in [4.78, 5) is 35.0. The molecule has 0 aliphatic heterocycles. The molecule has 0 aliphatic carbocycles. The second-order valence-electron chi connectivity index (χ2n) is 7.61. The van der Waals surface area contributed by atoms with Crippen LogP contribution in [0.4, 0.5) is 8.78 Å². The Morgan fingerprint density at radius 3 is 2.69 bits per heavy atom. The summed E-state index contributed by atoms with van der Waals surface area (Å²) in [5.41, 5.74) is 2.06. The molecule has 4 rings (SSSR count). The van der Waals surface area contributed by atoms with Crippen LogP contribution in [0.2, 0.25) is 0 Å². The van der Waals surface area contributed by atoms with E-state index in [-0.39, 0.29) is 17.8 Å². The predicted molar refractivity (Wildman–Crippen MR) is 114 cm³/mol. The van der Waals surface area contributed by atoms with Gasteiger partial charge < -0.3 is 15.3 Å². The number of halogens is 2. The SMILES string of the molecule is Cc1nc([C@H](Cc2c[nH]c3ccccc23)NC(=O)Cn2nc(C(F)F)cc2C)cc(=O)[nH]1. The molecule has 1 aromatic carbocycles. The molecule has 3 heterocycles. The number of amides is 1. The third-order valence-electron chi connectivity index (χ3n) is 5.19. The van der Waals surface area contributed by atoms with E-state index in [9.17, 15) is 18.4 Å². The van der Waals surface area contributed by atoms with Crippen molar-refractivity contribution in [1.82, 2.24) is 30.0 Å². The number of aromatic amines is 2. The number of hydrogen-bond donors (Lipinski definition) is 3. The molecule has 3 N–H and O–H groups in total. The molecule has 4 aromatic rings. The number of rotatable bonds is 7. The van der Waals surface area contributed by atoms with Crippen LogP contribution >= 0.6 is 0 Å². The maximum absolute atomic E-state index is 12.9. The summed E-state index contributed by atoms with van der Waals surface area (Å²) >= 11 is 0. The zero-order valence-corrected chi connectivity index (χ0v) is 17.5. The average Bonchev–Trinajstić information content (AvgIpc) is 3.31. The number of nitrogens with one attached hydrogen (secondary N) is 3. The number of para-hydroxylation sites is 1. The van der Waals surface area contributed by atoms with E-state index in [0.29, 0.717) is 23.6 Å². The lowest BCUT2D eigenvalue weighted by Gasteiger charge is -2.19. The van der Waals surface area contributed by atoms with Gasteiger partial charge in [0.05, 0.1) is 11.7 Å². The molecule has 0 spiro atoms. The Balaban J connectivity index is 1.61. The third-order valence-corrected chi connectivity index (χ3v) is 5.19. The van der Waals surface area contributed by atoms with Crippen LogP contribution < -0.4 is 10.9 Å². The molecular weight excluding hydrogens is 418 g/mol. The highest BCUT2D eigenvalue weighted by Crippen LogP contribution is 2.24. The maximum atomic E-state index is 12.9. The topological polar surface area (TPSA) is 108 Å². The Labute approximate surface area is 181 Å². The van der Waals surface area contributed by atoms with Gasteiger partial charge in [-0.3, -0.25) is 14.3 Å². The minimum absolute atomic E-state index is 0.231. The smallest absolute Gasteiger partial charge is 0.282 e. The number of aromatic nitrogens is 5. The van der Waals surface area contributed by atoms with Gasteiger partial charge in [0.2, 0.25) is 5.91 Å². The minimum atomic E-state index is -2.71. The molecule has 0 bridgehead atoms. The molecule has 32 heavy (non-hydrogen) atoms. The number of hydrogen-bond acceptors (Lipinski definition) is 4. The molecule has 0 fully saturated rings. The fraction of sp³-hybridized carbons (Fsp3) is 0.273. The number of H-pyrrole nitrogens is 2. The minimum Gasteiger partial charge on any atom is -0.361 e. The van der Waals surface area contributed by atoms with Gasteiger partial charge in [0.1, 0.15) is 18.1 Å². The van der Waals surface area contributed by atoms with Crippen molar-refractivity contribution in [3.8, 4) is 0 Å². The summed E-state index contributed by atoms with van der Waals surface area (Å²) in [6, 6.07) is 9.75. The molecule has 1 amide bonds. The van der Waals surface area contributed by atoms with Gasteiger partial charge in [0.15, 0.2) is 0 Å². The highest BCUT2D eigenvalue weighted by molar-refractivity contribution is 5.83. The van der Waals surface area contributed by atoms with Crippen LogP contribution in [0.1, 0.15) is 40.9 Å². The highest BCUT2D eigenvalue weighted by Gasteiger charge is 2.21. The Morgan fingerprint density at radius 1 is 1.19 bits per heavy atom. The van der Waals surface area contributed by atoms with E-state index < -0.39 is 18.4 Å². The second kappa shape index (κ2) is 8.74. The number of alkyl halides is 2. The number of aryl methyl sites for hydroxylation is 2. The first-order valence-electron chi connectivity index (χ1n) is 10.0. The second-order valence-corrected chi connectivity index (χ2v) is 7.61. The van der Waals surface area contributed by atoms with Crippen molar-refractivity contribution in [1.29, 1.82) is 0 Å². The maximum Gasteiger partial charge on any atom is 0.282 e. The van der Waals surface area contributed by atoms with Crippen molar-refractivity contribution < 1.29 is 13.6 Å². The molecule has 3 aromatic heterocycles. The Bertz CT molecular complexity index is 1320. The predicted octanol–water partition coefficient (Wildman–Crippen LogP) is 3.10. The molecule has 1 atom stereocenters. The molecule has 0 saturated heterocycles. The first-order valence-corrected chi connectivity index (χ1v) is 10.0. The molecule has 0 saturated carbocycles. The Hall–Kier alpha value is -3.82. The molecule has 166 valence electrons. The molecular formula is C22H22F2N6O2. The molecule has 8 nitrogen and oxygen atoms in total. The monoisotopic (exact) mass is 440 g/mol. The molecule has 0 unspecified atom stereocenters. The van der Waals surface area contributed by atoms with Crippen LogP contribution in [0.3, 0.4) is 0 Å². The van der Waals surface area contributed by atoms with Gasteiger partial charge in [-0.2, -0.15) is 5.10 Å². The van der Waals surface area contributed by atoms with Gasteiger partial charge in [-0.1, -0.05) is 18.2 Å². The van der Waals surface area contributed by atoms with Crippen molar-refractivity contribution >= 4 is 16.8 Å². The summed E-state index contributed by atoms with van der Waals surface area (Å²) in [6.45, 7) is 3.04. The summed E-state index contributed by atoms with van der Waals surface area (Å²) < 4.78 is 27.1. The zero-order valence-electron chi connectivity index (χ0n) is 17.5. The molecule has 0 aliphatic rings. The van der Waals surface area contributed by atoms with Crippen molar-refractivity contribution in [3.63, 3.8) is 0 Å². The first-order chi connectivity index (χ1) is 15.3. The number of carbonyl (C=O) groups excluding carboxylic acids is 1. The van der Waals surface area contributed by atoms with E-state index in [1.54, 1.807) is 13.8 Å². The number of fused-ring (bicyclic) bond motifs is 1. The summed E-state index contributed by atoms with van der Waals surface area (Å²) in [5, 5.41) is 7.69. The van der Waals surface area contributed by atoms with Crippen LogP contribution in [0.15, 0.2) is 47.4 Å². The van der Waals surface area contributed by atoms with E-state index >= 15 is 0 Å². The number of carbonyl (C=O) groups is 1. The Kier molecular flexibility index (Phi) is 5.85. The lowest BCUT2D eigenvalue weighted by molar-refractivity contribution is -0.122. The third kappa shape index (κ3) is 4.58. The van der Waals surface area contributed by atoms with Crippen LogP contribution in [0, 0.1) is 13.8 Å². The van der Waals surface area contributed by atoms with Gasteiger partial charge in [-0.05, 0) is 31.5 Å². The average molecular weight is 440 g/mol. The quantitative estimate of drug-likeness (QED) is 0.410. The van der Waals surface area contributed by atoms with Crippen LogP contribution in [0.25, 0.3) is 10.9 Å². The van der Waals surface area contributed by atoms with Gasteiger partial charge in [-0.25, -0.2) is 13.8 Å². The van der Waals surface area contributed by atoms with Crippen LogP contribution in [0.5, 0.6) is 0 Å². The van der Waals surface area contributed by atoms with Gasteiger partial charge in [-0.15, -0.1) is 0 Å². The van der Waals surface area contributed by atoms with E-state index in [2.05, 4.69) is 25.4 Å².